The Hall–Kier alpha value is -0.0400. The molecule has 0 rings (SSSR count). The zero-order valence-corrected chi connectivity index (χ0v) is 6.15. The monoisotopic (exact) mass is 119 g/mol. The molecule has 0 aromatic heterocycles. The first-order valence-electron chi connectivity index (χ1n) is 2.92. The van der Waals surface area contributed by atoms with Crippen LogP contribution in [-0.2, 0) is 0 Å². The molecule has 0 unspecified atom stereocenters. The van der Waals surface area contributed by atoms with Crippen LogP contribution in [0.2, 0.25) is 0 Å². The molecule has 0 aromatic carbocycles. The van der Waals surface area contributed by atoms with E-state index in [-0.39, 0.29) is 7.43 Å². The summed E-state index contributed by atoms with van der Waals surface area (Å²) in [4.78, 5) is 2.12. The Kier molecular flexibility index (Phi) is 30.9. The van der Waals surface area contributed by atoms with Gasteiger partial charge in [0.1, 0.15) is 0 Å². The van der Waals surface area contributed by atoms with Gasteiger partial charge in [-0.15, -0.1) is 0 Å². The summed E-state index contributed by atoms with van der Waals surface area (Å²) in [6.07, 6.45) is 0. The fraction of sp³-hybridized carbons (Fsp3) is 1.00. The molecule has 54 valence electrons. The zero-order chi connectivity index (χ0) is 6.28. The molecule has 1 heteroatoms. The van der Waals surface area contributed by atoms with Crippen LogP contribution >= 0.6 is 0 Å². The number of hydrogen-bond donors (Lipinski definition) is 0. The predicted octanol–water partition coefficient (Wildman–Crippen LogP) is 2.23. The van der Waals surface area contributed by atoms with Crippen molar-refractivity contribution in [1.29, 1.82) is 0 Å². The summed E-state index contributed by atoms with van der Waals surface area (Å²) in [5.41, 5.74) is 0. The first kappa shape index (κ1) is 15.7. The van der Waals surface area contributed by atoms with Gasteiger partial charge in [0, 0.05) is 0 Å². The Morgan fingerprint density at radius 2 is 1.25 bits per heavy atom. The van der Waals surface area contributed by atoms with E-state index in [0.717, 1.165) is 6.54 Å². The minimum Gasteiger partial charge on any atom is -0.310 e. The first-order valence-corrected chi connectivity index (χ1v) is 2.92. The summed E-state index contributed by atoms with van der Waals surface area (Å²) in [6.45, 7) is 7.26. The summed E-state index contributed by atoms with van der Waals surface area (Å²) in [6, 6.07) is 0. The summed E-state index contributed by atoms with van der Waals surface area (Å²) < 4.78 is 0. The molecular weight excluding hydrogens is 98.1 g/mol. The van der Waals surface area contributed by atoms with Crippen molar-refractivity contribution >= 4 is 0 Å². The number of rotatable bonds is 1. The molecular formula is C7H21N. The molecule has 1 nitrogen and oxygen atoms in total. The fourth-order valence-corrected chi connectivity index (χ4v) is 0. The van der Waals surface area contributed by atoms with E-state index in [1.165, 1.54) is 0 Å². The van der Waals surface area contributed by atoms with Gasteiger partial charge in [-0.2, -0.15) is 0 Å². The van der Waals surface area contributed by atoms with Gasteiger partial charge in [0.15, 0.2) is 0 Å². The van der Waals surface area contributed by atoms with Gasteiger partial charge in [-0.3, -0.25) is 0 Å². The number of hydrogen-bond acceptors (Lipinski definition) is 1. The van der Waals surface area contributed by atoms with Crippen LogP contribution < -0.4 is 0 Å². The third-order valence-corrected chi connectivity index (χ3v) is 0.632. The van der Waals surface area contributed by atoms with Gasteiger partial charge in [-0.25, -0.2) is 0 Å². The van der Waals surface area contributed by atoms with E-state index in [2.05, 4.69) is 25.9 Å². The Morgan fingerprint density at radius 1 is 1.12 bits per heavy atom. The third-order valence-electron chi connectivity index (χ3n) is 0.632. The van der Waals surface area contributed by atoms with Crippen LogP contribution in [0.5, 0.6) is 0 Å². The van der Waals surface area contributed by atoms with E-state index in [4.69, 9.17) is 0 Å². The molecule has 0 fully saturated rings. The van der Waals surface area contributed by atoms with Crippen LogP contribution in [0.1, 0.15) is 28.2 Å². The maximum absolute atomic E-state index is 2.12. The predicted molar refractivity (Wildman–Crippen MR) is 42.3 cm³/mol. The minimum atomic E-state index is 0. The second-order valence-corrected chi connectivity index (χ2v) is 1.40. The molecule has 0 aliphatic heterocycles. The maximum atomic E-state index is 2.12. The van der Waals surface area contributed by atoms with Crippen molar-refractivity contribution in [3.8, 4) is 0 Å². The normalized spacial score (nSPS) is 6.75. The maximum Gasteiger partial charge on any atom is -0.00533 e. The molecule has 0 radical (unpaired) electrons. The third kappa shape index (κ3) is 38.2. The van der Waals surface area contributed by atoms with E-state index in [1.807, 2.05) is 13.8 Å². The van der Waals surface area contributed by atoms with Gasteiger partial charge in [-0.05, 0) is 20.6 Å². The standard InChI is InChI=1S/C4H11N.C2H6.CH4/c1-4-5(2)3;1-2;/h4H2,1-3H3;1-2H3;1H4. The molecule has 0 amide bonds. The topological polar surface area (TPSA) is 3.24 Å². The lowest BCUT2D eigenvalue weighted by molar-refractivity contribution is 0.434. The molecule has 0 N–H and O–H groups in total. The van der Waals surface area contributed by atoms with Crippen molar-refractivity contribution in [2.24, 2.45) is 0 Å². The Balaban J connectivity index is -0.0000000750. The molecule has 0 saturated heterocycles. The average Bonchev–Trinajstić information content (AvgIpc) is 1.73. The smallest absolute Gasteiger partial charge is 0.00533 e. The van der Waals surface area contributed by atoms with Gasteiger partial charge in [0.2, 0.25) is 0 Å². The zero-order valence-electron chi connectivity index (χ0n) is 6.15. The number of nitrogens with zero attached hydrogens (tertiary/aromatic N) is 1. The fourth-order valence-electron chi connectivity index (χ4n) is 0. The summed E-state index contributed by atoms with van der Waals surface area (Å²) in [5.74, 6) is 0. The van der Waals surface area contributed by atoms with Crippen LogP contribution in [0, 0.1) is 0 Å². The molecule has 0 atom stereocenters. The van der Waals surface area contributed by atoms with E-state index < -0.39 is 0 Å². The van der Waals surface area contributed by atoms with Crippen LogP contribution in [0.4, 0.5) is 0 Å². The summed E-state index contributed by atoms with van der Waals surface area (Å²) in [5, 5.41) is 0. The summed E-state index contributed by atoms with van der Waals surface area (Å²) in [7, 11) is 4.11. The quantitative estimate of drug-likeness (QED) is 0.511. The molecule has 0 spiro atoms. The van der Waals surface area contributed by atoms with Crippen LogP contribution in [0.15, 0.2) is 0 Å². The minimum absolute atomic E-state index is 0. The Labute approximate surface area is 54.7 Å². The largest absolute Gasteiger partial charge is 0.310 e. The van der Waals surface area contributed by atoms with Crippen molar-refractivity contribution in [3.05, 3.63) is 0 Å². The van der Waals surface area contributed by atoms with Crippen LogP contribution in [-0.4, -0.2) is 25.5 Å². The van der Waals surface area contributed by atoms with Gasteiger partial charge in [-0.1, -0.05) is 28.2 Å². The van der Waals surface area contributed by atoms with Gasteiger partial charge in [0.05, 0.1) is 0 Å². The molecule has 0 bridgehead atoms. The van der Waals surface area contributed by atoms with E-state index in [0.29, 0.717) is 0 Å². The molecule has 0 heterocycles. The summed E-state index contributed by atoms with van der Waals surface area (Å²) >= 11 is 0. The molecule has 0 aromatic rings. The lowest BCUT2D eigenvalue weighted by Gasteiger charge is -2.00. The highest BCUT2D eigenvalue weighted by Gasteiger charge is 1.72. The van der Waals surface area contributed by atoms with Crippen molar-refractivity contribution in [2.75, 3.05) is 20.6 Å². The van der Waals surface area contributed by atoms with Gasteiger partial charge < -0.3 is 4.90 Å². The highest BCUT2D eigenvalue weighted by molar-refractivity contribution is 4.25. The lowest BCUT2D eigenvalue weighted by atomic mass is 10.7. The van der Waals surface area contributed by atoms with Crippen LogP contribution in [0.3, 0.4) is 0 Å². The Bertz CT molecular complexity index is 18.3. The van der Waals surface area contributed by atoms with Crippen molar-refractivity contribution in [2.45, 2.75) is 28.2 Å². The second-order valence-electron chi connectivity index (χ2n) is 1.40. The van der Waals surface area contributed by atoms with Crippen molar-refractivity contribution in [3.63, 3.8) is 0 Å². The average molecular weight is 119 g/mol. The SMILES string of the molecule is C.CC.CCN(C)C. The van der Waals surface area contributed by atoms with Gasteiger partial charge in [0.25, 0.3) is 0 Å². The molecule has 0 aliphatic carbocycles. The van der Waals surface area contributed by atoms with Gasteiger partial charge >= 0.3 is 0 Å². The van der Waals surface area contributed by atoms with E-state index >= 15 is 0 Å². The van der Waals surface area contributed by atoms with E-state index in [9.17, 15) is 0 Å². The first-order chi connectivity index (χ1) is 3.27. The molecule has 0 saturated carbocycles. The second kappa shape index (κ2) is 15.8. The van der Waals surface area contributed by atoms with Crippen molar-refractivity contribution in [1.82, 2.24) is 4.90 Å². The van der Waals surface area contributed by atoms with Crippen molar-refractivity contribution < 1.29 is 0 Å². The molecule has 8 heavy (non-hydrogen) atoms. The Morgan fingerprint density at radius 3 is 1.25 bits per heavy atom. The van der Waals surface area contributed by atoms with Crippen LogP contribution in [0.25, 0.3) is 0 Å². The van der Waals surface area contributed by atoms with E-state index in [1.54, 1.807) is 0 Å². The molecule has 0 aliphatic rings. The highest BCUT2D eigenvalue weighted by atomic mass is 15.0. The lowest BCUT2D eigenvalue weighted by Crippen LogP contribution is -2.08. The highest BCUT2D eigenvalue weighted by Crippen LogP contribution is 1.63.